The Morgan fingerprint density at radius 2 is 1.68 bits per heavy atom. The molecule has 1 heterocycles. The lowest BCUT2D eigenvalue weighted by molar-refractivity contribution is -0.138. The van der Waals surface area contributed by atoms with Crippen molar-refractivity contribution < 1.29 is 48.3 Å². The second-order valence-electron chi connectivity index (χ2n) is 8.15. The molecule has 0 aliphatic carbocycles. The van der Waals surface area contributed by atoms with Crippen molar-refractivity contribution in [1.82, 2.24) is 0 Å². The van der Waals surface area contributed by atoms with Crippen molar-refractivity contribution >= 4 is 20.9 Å². The molecule has 13 heteroatoms. The van der Waals surface area contributed by atoms with E-state index < -0.39 is 65.9 Å². The van der Waals surface area contributed by atoms with Gasteiger partial charge in [-0.3, -0.25) is 4.21 Å². The van der Waals surface area contributed by atoms with Crippen LogP contribution in [0, 0.1) is 0 Å². The van der Waals surface area contributed by atoms with E-state index in [0.29, 0.717) is 12.1 Å². The summed E-state index contributed by atoms with van der Waals surface area (Å²) in [7, 11) is -4.33. The zero-order valence-electron chi connectivity index (χ0n) is 17.6. The number of rotatable bonds is 5. The summed E-state index contributed by atoms with van der Waals surface area (Å²) >= 11 is -2.74. The van der Waals surface area contributed by atoms with Crippen molar-refractivity contribution in [3.05, 3.63) is 64.7 Å². The van der Waals surface area contributed by atoms with E-state index in [0.717, 1.165) is 30.3 Å². The minimum atomic E-state index is -4.76. The molecule has 0 bridgehead atoms. The molecule has 2 aromatic rings. The van der Waals surface area contributed by atoms with Gasteiger partial charge in [0, 0.05) is 12.4 Å². The summed E-state index contributed by atoms with van der Waals surface area (Å²) in [4.78, 5) is -0.543. The van der Waals surface area contributed by atoms with Crippen molar-refractivity contribution in [3.63, 3.8) is 0 Å². The molecular formula is C21H19F6O5S2-. The Labute approximate surface area is 194 Å². The van der Waals surface area contributed by atoms with Gasteiger partial charge in [0.1, 0.15) is 0 Å². The first-order valence-electron chi connectivity index (χ1n) is 9.84. The fourth-order valence-electron chi connectivity index (χ4n) is 3.89. The third kappa shape index (κ3) is 5.47. The number of hydrogen-bond donors (Lipinski definition) is 0. The summed E-state index contributed by atoms with van der Waals surface area (Å²) in [5, 5.41) is 0. The molecule has 0 saturated carbocycles. The van der Waals surface area contributed by atoms with E-state index in [1.165, 1.54) is 6.92 Å². The lowest BCUT2D eigenvalue weighted by Gasteiger charge is -2.38. The number of ether oxygens (including phenoxy) is 1. The Bertz CT molecular complexity index is 1190. The number of hydrogen-bond acceptors (Lipinski definition) is 5. The molecule has 5 nitrogen and oxygen atoms in total. The first-order valence-corrected chi connectivity index (χ1v) is 12.6. The Morgan fingerprint density at radius 3 is 2.26 bits per heavy atom. The zero-order chi connectivity index (χ0) is 25.5. The monoisotopic (exact) mass is 529 g/mol. The normalized spacial score (nSPS) is 23.0. The van der Waals surface area contributed by atoms with Crippen LogP contribution < -0.4 is 0 Å². The lowest BCUT2D eigenvalue weighted by Crippen LogP contribution is -2.42. The Kier molecular flexibility index (Phi) is 7.25. The molecule has 2 aromatic carbocycles. The van der Waals surface area contributed by atoms with Crippen LogP contribution in [0.2, 0.25) is 0 Å². The molecule has 1 aliphatic heterocycles. The summed E-state index contributed by atoms with van der Waals surface area (Å²) in [5.74, 6) is -0.754. The van der Waals surface area contributed by atoms with E-state index in [2.05, 4.69) is 0 Å². The van der Waals surface area contributed by atoms with Gasteiger partial charge in [-0.1, -0.05) is 23.2 Å². The fraction of sp³-hybridized carbons (Fsp3) is 0.429. The van der Waals surface area contributed by atoms with Gasteiger partial charge in [0.05, 0.1) is 26.9 Å². The van der Waals surface area contributed by atoms with Crippen LogP contribution in [0.25, 0.3) is 0 Å². The van der Waals surface area contributed by atoms with Crippen LogP contribution in [0.15, 0.2) is 47.4 Å². The molecule has 1 saturated heterocycles. The van der Waals surface area contributed by atoms with Crippen molar-refractivity contribution in [2.24, 2.45) is 0 Å². The van der Waals surface area contributed by atoms with Crippen molar-refractivity contribution in [2.45, 2.75) is 53.6 Å². The Hall–Kier alpha value is -1.96. The van der Waals surface area contributed by atoms with Crippen LogP contribution in [0.4, 0.5) is 26.3 Å². The summed E-state index contributed by atoms with van der Waals surface area (Å²) in [5.41, 5.74) is -2.34. The number of sulfone groups is 1. The van der Waals surface area contributed by atoms with Crippen molar-refractivity contribution in [3.8, 4) is 0 Å². The van der Waals surface area contributed by atoms with Crippen molar-refractivity contribution in [1.29, 1.82) is 0 Å². The summed E-state index contributed by atoms with van der Waals surface area (Å²) in [6.45, 7) is 1.17. The standard InChI is InChI=1S/C21H20F6O5S2/c1-19(34(30,31)16-4-2-3-14(10-16)20(22,23)24)7-8-32-18(11-19)17-6-5-15(21(25,26)27)9-13(17)12-33(28)29/h2-6,9-10,18H,7-8,11-12H2,1H3,(H,28,29)/p-1. The SMILES string of the molecule is CC1(S(=O)(=O)c2cccc(C(F)(F)F)c2)CCOC(c2ccc(C(F)(F)F)cc2CS(=O)[O-])C1. The quantitative estimate of drug-likeness (QED) is 0.394. The van der Waals surface area contributed by atoms with Gasteiger partial charge in [0.15, 0.2) is 9.84 Å². The predicted octanol–water partition coefficient (Wildman–Crippen LogP) is 5.19. The van der Waals surface area contributed by atoms with Crippen LogP contribution in [0.3, 0.4) is 0 Å². The van der Waals surface area contributed by atoms with Gasteiger partial charge >= 0.3 is 12.4 Å². The zero-order valence-corrected chi connectivity index (χ0v) is 19.2. The second-order valence-corrected chi connectivity index (χ2v) is 11.5. The Morgan fingerprint density at radius 1 is 1.06 bits per heavy atom. The highest BCUT2D eigenvalue weighted by Crippen LogP contribution is 2.44. The fourth-order valence-corrected chi connectivity index (χ4v) is 6.22. The van der Waals surface area contributed by atoms with Gasteiger partial charge in [-0.2, -0.15) is 26.3 Å². The molecule has 0 N–H and O–H groups in total. The highest BCUT2D eigenvalue weighted by molar-refractivity contribution is 7.92. The van der Waals surface area contributed by atoms with E-state index in [1.54, 1.807) is 0 Å². The van der Waals surface area contributed by atoms with Gasteiger partial charge in [-0.05, 0) is 61.2 Å². The molecule has 1 fully saturated rings. The summed E-state index contributed by atoms with van der Waals surface area (Å²) < 4.78 is 132. The molecule has 0 radical (unpaired) electrons. The summed E-state index contributed by atoms with van der Waals surface area (Å²) in [6.07, 6.45) is -10.9. The smallest absolute Gasteiger partial charge is 0.416 e. The maximum atomic E-state index is 13.3. The molecular weight excluding hydrogens is 510 g/mol. The third-order valence-electron chi connectivity index (χ3n) is 5.78. The average molecular weight is 530 g/mol. The van der Waals surface area contributed by atoms with Crippen LogP contribution in [0.1, 0.15) is 48.1 Å². The topological polar surface area (TPSA) is 83.5 Å². The highest BCUT2D eigenvalue weighted by Gasteiger charge is 2.46. The first kappa shape index (κ1) is 26.6. The van der Waals surface area contributed by atoms with Gasteiger partial charge in [0.2, 0.25) is 0 Å². The first-order chi connectivity index (χ1) is 15.5. The van der Waals surface area contributed by atoms with Crippen LogP contribution in [0.5, 0.6) is 0 Å². The number of alkyl halides is 6. The predicted molar refractivity (Wildman–Crippen MR) is 109 cm³/mol. The maximum Gasteiger partial charge on any atom is 0.416 e. The largest absolute Gasteiger partial charge is 0.772 e. The Balaban J connectivity index is 2.01. The molecule has 3 rings (SSSR count). The second kappa shape index (κ2) is 9.25. The minimum Gasteiger partial charge on any atom is -0.772 e. The summed E-state index contributed by atoms with van der Waals surface area (Å²) in [6, 6.07) is 5.75. The molecule has 3 unspecified atom stereocenters. The maximum absolute atomic E-state index is 13.3. The van der Waals surface area contributed by atoms with Gasteiger partial charge < -0.3 is 9.29 Å². The molecule has 0 amide bonds. The number of halogens is 6. The third-order valence-corrected chi connectivity index (χ3v) is 8.87. The highest BCUT2D eigenvalue weighted by atomic mass is 32.2. The van der Waals surface area contributed by atoms with Crippen LogP contribution >= 0.6 is 0 Å². The molecule has 1 aliphatic rings. The molecule has 0 spiro atoms. The molecule has 34 heavy (non-hydrogen) atoms. The average Bonchev–Trinajstić information content (AvgIpc) is 2.72. The van der Waals surface area contributed by atoms with Gasteiger partial charge in [-0.25, -0.2) is 8.42 Å². The molecule has 3 atom stereocenters. The van der Waals surface area contributed by atoms with E-state index in [-0.39, 0.29) is 30.6 Å². The lowest BCUT2D eigenvalue weighted by atomic mass is 9.90. The molecule has 188 valence electrons. The van der Waals surface area contributed by atoms with E-state index in [1.807, 2.05) is 0 Å². The van der Waals surface area contributed by atoms with Gasteiger partial charge in [-0.15, -0.1) is 0 Å². The van der Waals surface area contributed by atoms with E-state index in [4.69, 9.17) is 4.74 Å². The van der Waals surface area contributed by atoms with E-state index >= 15 is 0 Å². The van der Waals surface area contributed by atoms with Crippen LogP contribution in [-0.2, 0) is 43.8 Å². The number of benzene rings is 2. The van der Waals surface area contributed by atoms with Crippen molar-refractivity contribution in [2.75, 3.05) is 6.61 Å². The van der Waals surface area contributed by atoms with Gasteiger partial charge in [0.25, 0.3) is 0 Å². The van der Waals surface area contributed by atoms with Crippen LogP contribution in [-0.4, -0.2) is 28.5 Å². The van der Waals surface area contributed by atoms with E-state index in [9.17, 15) is 43.5 Å². The minimum absolute atomic E-state index is 0.0716. The molecule has 0 aromatic heterocycles.